The summed E-state index contributed by atoms with van der Waals surface area (Å²) < 4.78 is 54.3. The molecule has 162 valence electrons. The van der Waals surface area contributed by atoms with Gasteiger partial charge in [0.1, 0.15) is 16.5 Å². The zero-order chi connectivity index (χ0) is 21.9. The van der Waals surface area contributed by atoms with Crippen LogP contribution in [0.15, 0.2) is 47.4 Å². The summed E-state index contributed by atoms with van der Waals surface area (Å²) in [6.07, 6.45) is 0. The van der Waals surface area contributed by atoms with E-state index in [1.807, 2.05) is 0 Å². The average Bonchev–Trinajstić information content (AvgIpc) is 2.71. The topological polar surface area (TPSA) is 60.9 Å². The number of benzene rings is 2. The van der Waals surface area contributed by atoms with E-state index in [2.05, 4.69) is 0 Å². The lowest BCUT2D eigenvalue weighted by Gasteiger charge is -2.34. The summed E-state index contributed by atoms with van der Waals surface area (Å²) in [5, 5.41) is 0.293. The number of hydrogen-bond acceptors (Lipinski definition) is 4. The third-order valence-electron chi connectivity index (χ3n) is 4.94. The number of amides is 1. The highest BCUT2D eigenvalue weighted by Gasteiger charge is 2.32. The zero-order valence-electron chi connectivity index (χ0n) is 16.4. The summed E-state index contributed by atoms with van der Waals surface area (Å²) in [6.45, 7) is 0.738. The fourth-order valence-corrected chi connectivity index (χ4v) is 5.02. The van der Waals surface area contributed by atoms with Crippen LogP contribution in [0, 0.1) is 11.6 Å². The highest BCUT2D eigenvalue weighted by Crippen LogP contribution is 2.22. The highest BCUT2D eigenvalue weighted by molar-refractivity contribution is 7.89. The average molecular weight is 458 g/mol. The quantitative estimate of drug-likeness (QED) is 0.669. The molecule has 6 nitrogen and oxygen atoms in total. The van der Waals surface area contributed by atoms with Crippen LogP contribution in [-0.4, -0.2) is 68.2 Å². The van der Waals surface area contributed by atoms with Crippen LogP contribution in [0.5, 0.6) is 0 Å². The van der Waals surface area contributed by atoms with Gasteiger partial charge in [0, 0.05) is 43.3 Å². The number of piperazine rings is 1. The Morgan fingerprint density at radius 1 is 1.03 bits per heavy atom. The lowest BCUT2D eigenvalue weighted by Crippen LogP contribution is -2.52. The van der Waals surface area contributed by atoms with Gasteiger partial charge in [-0.05, 0) is 31.3 Å². The van der Waals surface area contributed by atoms with Gasteiger partial charge in [-0.1, -0.05) is 29.8 Å². The van der Waals surface area contributed by atoms with Gasteiger partial charge in [-0.15, -0.1) is 0 Å². The van der Waals surface area contributed by atoms with Crippen LogP contribution in [0.3, 0.4) is 0 Å². The number of halogens is 3. The second-order valence-electron chi connectivity index (χ2n) is 7.09. The Labute approximate surface area is 179 Å². The van der Waals surface area contributed by atoms with Crippen LogP contribution in [0.4, 0.5) is 8.78 Å². The lowest BCUT2D eigenvalue weighted by molar-refractivity contribution is -0.133. The summed E-state index contributed by atoms with van der Waals surface area (Å²) in [6, 6.07) is 9.64. The molecular formula is C20H22ClF2N3O3S. The van der Waals surface area contributed by atoms with Gasteiger partial charge in [-0.2, -0.15) is 4.31 Å². The number of hydrogen-bond donors (Lipinski definition) is 0. The molecule has 1 saturated heterocycles. The maximum absolute atomic E-state index is 13.9. The van der Waals surface area contributed by atoms with Crippen molar-refractivity contribution in [1.82, 2.24) is 14.1 Å². The fraction of sp³-hybridized carbons (Fsp3) is 0.350. The second-order valence-corrected chi connectivity index (χ2v) is 9.40. The van der Waals surface area contributed by atoms with Gasteiger partial charge in [0.05, 0.1) is 6.54 Å². The molecule has 0 N–H and O–H groups in total. The number of nitrogens with zero attached hydrogens (tertiary/aromatic N) is 3. The molecule has 1 amide bonds. The first-order valence-corrected chi connectivity index (χ1v) is 11.2. The number of carbonyl (C=O) groups is 1. The molecule has 0 bridgehead atoms. The lowest BCUT2D eigenvalue weighted by atomic mass is 10.2. The molecule has 0 aliphatic carbocycles. The van der Waals surface area contributed by atoms with Crippen molar-refractivity contribution >= 4 is 27.5 Å². The van der Waals surface area contributed by atoms with E-state index in [1.54, 1.807) is 22.9 Å². The Balaban J connectivity index is 1.57. The van der Waals surface area contributed by atoms with E-state index in [-0.39, 0.29) is 50.1 Å². The van der Waals surface area contributed by atoms with Gasteiger partial charge in [0.15, 0.2) is 0 Å². The molecule has 1 aliphatic rings. The maximum atomic E-state index is 13.9. The maximum Gasteiger partial charge on any atom is 0.246 e. The highest BCUT2D eigenvalue weighted by atomic mass is 35.5. The van der Waals surface area contributed by atoms with Crippen LogP contribution < -0.4 is 0 Å². The van der Waals surface area contributed by atoms with Crippen LogP contribution in [0.25, 0.3) is 0 Å². The monoisotopic (exact) mass is 457 g/mol. The molecule has 0 atom stereocenters. The van der Waals surface area contributed by atoms with E-state index < -0.39 is 21.7 Å². The number of rotatable bonds is 6. The first kappa shape index (κ1) is 22.6. The van der Waals surface area contributed by atoms with Crippen LogP contribution in [-0.2, 0) is 21.4 Å². The van der Waals surface area contributed by atoms with E-state index >= 15 is 0 Å². The predicted molar refractivity (Wildman–Crippen MR) is 109 cm³/mol. The molecule has 1 heterocycles. The summed E-state index contributed by atoms with van der Waals surface area (Å²) >= 11 is 6.03. The van der Waals surface area contributed by atoms with E-state index in [0.29, 0.717) is 10.6 Å². The van der Waals surface area contributed by atoms with Gasteiger partial charge in [0.2, 0.25) is 15.9 Å². The van der Waals surface area contributed by atoms with E-state index in [9.17, 15) is 22.0 Å². The number of likely N-dealkylation sites (N-methyl/N-ethyl adjacent to an activating group) is 1. The first-order valence-electron chi connectivity index (χ1n) is 9.34. The van der Waals surface area contributed by atoms with Gasteiger partial charge < -0.3 is 4.90 Å². The first-order chi connectivity index (χ1) is 14.2. The largest absolute Gasteiger partial charge is 0.339 e. The summed E-state index contributed by atoms with van der Waals surface area (Å²) in [7, 11) is -2.28. The number of carbonyl (C=O) groups excluding carboxylic acids is 1. The Hall–Kier alpha value is -2.07. The Kier molecular flexibility index (Phi) is 7.07. The molecule has 10 heteroatoms. The molecule has 3 rings (SSSR count). The molecule has 2 aromatic rings. The normalized spacial score (nSPS) is 15.6. The molecule has 0 radical (unpaired) electrons. The molecule has 1 aliphatic heterocycles. The van der Waals surface area contributed by atoms with Crippen molar-refractivity contribution in [3.05, 3.63) is 64.7 Å². The Bertz CT molecular complexity index is 1010. The molecule has 30 heavy (non-hydrogen) atoms. The second kappa shape index (κ2) is 9.38. The third kappa shape index (κ3) is 4.97. The van der Waals surface area contributed by atoms with Gasteiger partial charge in [-0.25, -0.2) is 17.2 Å². The van der Waals surface area contributed by atoms with E-state index in [0.717, 1.165) is 6.07 Å². The SMILES string of the molecule is CN(CC(=O)N1CCN(S(=O)(=O)c2ccccc2F)CC1)Cc1c(F)cccc1Cl. The minimum atomic E-state index is -3.96. The number of sulfonamides is 1. The van der Waals surface area contributed by atoms with Crippen molar-refractivity contribution in [2.75, 3.05) is 39.8 Å². The molecule has 1 fully saturated rings. The van der Waals surface area contributed by atoms with Gasteiger partial charge in [-0.3, -0.25) is 9.69 Å². The summed E-state index contributed by atoms with van der Waals surface area (Å²) in [4.78, 5) is 15.4. The van der Waals surface area contributed by atoms with Crippen LogP contribution >= 0.6 is 11.6 Å². The molecule has 2 aromatic carbocycles. The van der Waals surface area contributed by atoms with Crippen molar-refractivity contribution in [2.45, 2.75) is 11.4 Å². The summed E-state index contributed by atoms with van der Waals surface area (Å²) in [5.74, 6) is -1.44. The zero-order valence-corrected chi connectivity index (χ0v) is 18.0. The van der Waals surface area contributed by atoms with Crippen molar-refractivity contribution in [1.29, 1.82) is 0 Å². The molecule has 0 saturated carbocycles. The minimum absolute atomic E-state index is 0.0325. The van der Waals surface area contributed by atoms with Crippen molar-refractivity contribution in [3.63, 3.8) is 0 Å². The Morgan fingerprint density at radius 3 is 2.30 bits per heavy atom. The van der Waals surface area contributed by atoms with Crippen LogP contribution in [0.1, 0.15) is 5.56 Å². The van der Waals surface area contributed by atoms with Crippen molar-refractivity contribution in [2.24, 2.45) is 0 Å². The summed E-state index contributed by atoms with van der Waals surface area (Å²) in [5.41, 5.74) is 0.315. The smallest absolute Gasteiger partial charge is 0.246 e. The van der Waals surface area contributed by atoms with Crippen molar-refractivity contribution in [3.8, 4) is 0 Å². The van der Waals surface area contributed by atoms with E-state index in [4.69, 9.17) is 11.6 Å². The Morgan fingerprint density at radius 2 is 1.67 bits per heavy atom. The van der Waals surface area contributed by atoms with Gasteiger partial charge in [0.25, 0.3) is 0 Å². The molecule has 0 spiro atoms. The fourth-order valence-electron chi connectivity index (χ4n) is 3.31. The molecule has 0 unspecified atom stereocenters. The molecule has 0 aromatic heterocycles. The van der Waals surface area contributed by atoms with Crippen molar-refractivity contribution < 1.29 is 22.0 Å². The third-order valence-corrected chi connectivity index (χ3v) is 7.23. The van der Waals surface area contributed by atoms with Gasteiger partial charge >= 0.3 is 0 Å². The standard InChI is InChI=1S/C20H22ClF2N3O3S/c1-24(13-15-16(21)5-4-7-17(15)22)14-20(27)25-9-11-26(12-10-25)30(28,29)19-8-3-2-6-18(19)23/h2-8H,9-14H2,1H3. The minimum Gasteiger partial charge on any atom is -0.339 e. The van der Waals surface area contributed by atoms with E-state index in [1.165, 1.54) is 34.6 Å². The van der Waals surface area contributed by atoms with Crippen LogP contribution in [0.2, 0.25) is 5.02 Å². The predicted octanol–water partition coefficient (Wildman–Crippen LogP) is 2.58. The molecular weight excluding hydrogens is 436 g/mol.